The van der Waals surface area contributed by atoms with Gasteiger partial charge in [-0.3, -0.25) is 0 Å². The second kappa shape index (κ2) is 5.45. The van der Waals surface area contributed by atoms with Gasteiger partial charge in [0.15, 0.2) is 0 Å². The summed E-state index contributed by atoms with van der Waals surface area (Å²) in [6.07, 6.45) is -4.48. The van der Waals surface area contributed by atoms with E-state index in [-0.39, 0.29) is 18.3 Å². The van der Waals surface area contributed by atoms with Crippen molar-refractivity contribution in [1.82, 2.24) is 4.98 Å². The molecule has 0 bridgehead atoms. The highest BCUT2D eigenvalue weighted by Gasteiger charge is 2.32. The van der Waals surface area contributed by atoms with E-state index in [0.29, 0.717) is 0 Å². The number of pyridine rings is 1. The molecule has 0 aliphatic heterocycles. The molecule has 0 saturated carbocycles. The standard InChI is InChI=1S/C11H10F3N3OS/c12-11(13,14)7-4-9(17-15)16-10(5-7)18-6-8-2-1-3-19-8/h1-5H,6,15H2,(H,16,17). The van der Waals surface area contributed by atoms with Crippen LogP contribution in [0.5, 0.6) is 5.88 Å². The Morgan fingerprint density at radius 1 is 1.37 bits per heavy atom. The van der Waals surface area contributed by atoms with E-state index >= 15 is 0 Å². The zero-order chi connectivity index (χ0) is 13.9. The summed E-state index contributed by atoms with van der Waals surface area (Å²) in [5.74, 6) is 4.86. The summed E-state index contributed by atoms with van der Waals surface area (Å²) in [5.41, 5.74) is 1.22. The number of aromatic nitrogens is 1. The van der Waals surface area contributed by atoms with Crippen LogP contribution in [0.2, 0.25) is 0 Å². The molecule has 102 valence electrons. The summed E-state index contributed by atoms with van der Waals surface area (Å²) in [6.45, 7) is 0.163. The lowest BCUT2D eigenvalue weighted by Crippen LogP contribution is -2.12. The number of rotatable bonds is 4. The van der Waals surface area contributed by atoms with Crippen molar-refractivity contribution in [3.8, 4) is 5.88 Å². The Balaban J connectivity index is 2.19. The highest BCUT2D eigenvalue weighted by molar-refractivity contribution is 7.09. The normalized spacial score (nSPS) is 11.4. The zero-order valence-electron chi connectivity index (χ0n) is 9.57. The van der Waals surface area contributed by atoms with Crippen LogP contribution in [0.3, 0.4) is 0 Å². The van der Waals surface area contributed by atoms with Gasteiger partial charge in [-0.05, 0) is 17.5 Å². The number of hydrazine groups is 1. The summed E-state index contributed by atoms with van der Waals surface area (Å²) in [4.78, 5) is 4.70. The van der Waals surface area contributed by atoms with Crippen LogP contribution in [0.15, 0.2) is 29.6 Å². The number of hydrogen-bond donors (Lipinski definition) is 2. The van der Waals surface area contributed by atoms with Crippen molar-refractivity contribution in [2.24, 2.45) is 5.84 Å². The maximum absolute atomic E-state index is 12.6. The van der Waals surface area contributed by atoms with Crippen LogP contribution in [0, 0.1) is 0 Å². The Kier molecular flexibility index (Phi) is 3.91. The Bertz CT molecular complexity index is 543. The van der Waals surface area contributed by atoms with Gasteiger partial charge in [-0.2, -0.15) is 18.2 Å². The number of nitrogens with two attached hydrogens (primary N) is 1. The summed E-state index contributed by atoms with van der Waals surface area (Å²) in [6, 6.07) is 5.31. The van der Waals surface area contributed by atoms with E-state index < -0.39 is 11.7 Å². The van der Waals surface area contributed by atoms with Crippen molar-refractivity contribution in [2.75, 3.05) is 5.43 Å². The quantitative estimate of drug-likeness (QED) is 0.671. The van der Waals surface area contributed by atoms with E-state index in [1.54, 1.807) is 0 Å². The Hall–Kier alpha value is -1.80. The van der Waals surface area contributed by atoms with Crippen LogP contribution >= 0.6 is 11.3 Å². The molecule has 0 fully saturated rings. The Morgan fingerprint density at radius 3 is 2.74 bits per heavy atom. The van der Waals surface area contributed by atoms with Crippen molar-refractivity contribution in [2.45, 2.75) is 12.8 Å². The predicted octanol–water partition coefficient (Wildman–Crippen LogP) is 3.03. The molecule has 0 radical (unpaired) electrons. The van der Waals surface area contributed by atoms with Gasteiger partial charge in [0.05, 0.1) is 5.56 Å². The van der Waals surface area contributed by atoms with Gasteiger partial charge in [0, 0.05) is 10.9 Å². The maximum Gasteiger partial charge on any atom is 0.416 e. The zero-order valence-corrected chi connectivity index (χ0v) is 10.4. The van der Waals surface area contributed by atoms with Crippen molar-refractivity contribution in [1.29, 1.82) is 0 Å². The molecule has 8 heteroatoms. The Morgan fingerprint density at radius 2 is 2.16 bits per heavy atom. The van der Waals surface area contributed by atoms with Crippen LogP contribution in [0.1, 0.15) is 10.4 Å². The smallest absolute Gasteiger partial charge is 0.416 e. The summed E-state index contributed by atoms with van der Waals surface area (Å²) in [5, 5.41) is 1.85. The molecule has 0 atom stereocenters. The van der Waals surface area contributed by atoms with Gasteiger partial charge in [0.25, 0.3) is 0 Å². The fraction of sp³-hybridized carbons (Fsp3) is 0.182. The molecule has 0 amide bonds. The first-order valence-electron chi connectivity index (χ1n) is 5.20. The molecular formula is C11H10F3N3OS. The van der Waals surface area contributed by atoms with Crippen LogP contribution in [-0.4, -0.2) is 4.98 Å². The summed E-state index contributed by atoms with van der Waals surface area (Å²) >= 11 is 1.45. The molecule has 3 N–H and O–H groups in total. The number of thiophene rings is 1. The first-order chi connectivity index (χ1) is 8.99. The number of alkyl halides is 3. The monoisotopic (exact) mass is 289 g/mol. The number of nitrogens with zero attached hydrogens (tertiary/aromatic N) is 1. The topological polar surface area (TPSA) is 60.2 Å². The number of ether oxygens (including phenoxy) is 1. The molecule has 2 aromatic rings. The Labute approximate surface area is 111 Å². The molecule has 2 aromatic heterocycles. The number of nitrogen functional groups attached to an aromatic ring is 1. The van der Waals surface area contributed by atoms with E-state index in [2.05, 4.69) is 10.4 Å². The van der Waals surface area contributed by atoms with Gasteiger partial charge < -0.3 is 10.2 Å². The first-order valence-corrected chi connectivity index (χ1v) is 6.08. The average molecular weight is 289 g/mol. The van der Waals surface area contributed by atoms with Crippen molar-refractivity contribution < 1.29 is 17.9 Å². The highest BCUT2D eigenvalue weighted by atomic mass is 32.1. The molecule has 4 nitrogen and oxygen atoms in total. The second-order valence-corrected chi connectivity index (χ2v) is 4.62. The fourth-order valence-corrected chi connectivity index (χ4v) is 1.97. The van der Waals surface area contributed by atoms with Gasteiger partial charge in [0.1, 0.15) is 12.4 Å². The third-order valence-electron chi connectivity index (χ3n) is 2.22. The third-order valence-corrected chi connectivity index (χ3v) is 3.07. The largest absolute Gasteiger partial charge is 0.472 e. The SMILES string of the molecule is NNc1cc(C(F)(F)F)cc(OCc2cccs2)n1. The van der Waals surface area contributed by atoms with Gasteiger partial charge in [-0.1, -0.05) is 6.07 Å². The van der Waals surface area contributed by atoms with Crippen molar-refractivity contribution in [3.05, 3.63) is 40.1 Å². The van der Waals surface area contributed by atoms with E-state index in [0.717, 1.165) is 17.0 Å². The van der Waals surface area contributed by atoms with Gasteiger partial charge in [0.2, 0.25) is 5.88 Å². The van der Waals surface area contributed by atoms with E-state index in [1.807, 2.05) is 17.5 Å². The maximum atomic E-state index is 12.6. The van der Waals surface area contributed by atoms with Gasteiger partial charge in [-0.25, -0.2) is 5.84 Å². The molecule has 2 rings (SSSR count). The second-order valence-electron chi connectivity index (χ2n) is 3.59. The van der Waals surface area contributed by atoms with Crippen molar-refractivity contribution >= 4 is 17.2 Å². The number of hydrogen-bond acceptors (Lipinski definition) is 5. The number of halogens is 3. The van der Waals surface area contributed by atoms with Crippen LogP contribution in [0.4, 0.5) is 19.0 Å². The minimum absolute atomic E-state index is 0.101. The molecule has 0 aliphatic carbocycles. The molecule has 0 unspecified atom stereocenters. The molecule has 0 aliphatic rings. The lowest BCUT2D eigenvalue weighted by atomic mass is 10.2. The van der Waals surface area contributed by atoms with Gasteiger partial charge in [-0.15, -0.1) is 11.3 Å². The lowest BCUT2D eigenvalue weighted by Gasteiger charge is -2.11. The molecule has 19 heavy (non-hydrogen) atoms. The third kappa shape index (κ3) is 3.58. The van der Waals surface area contributed by atoms with Crippen molar-refractivity contribution in [3.63, 3.8) is 0 Å². The van der Waals surface area contributed by atoms with E-state index in [9.17, 15) is 13.2 Å². The van der Waals surface area contributed by atoms with E-state index in [1.165, 1.54) is 11.3 Å². The predicted molar refractivity (Wildman–Crippen MR) is 65.7 cm³/mol. The summed E-state index contributed by atoms with van der Waals surface area (Å²) in [7, 11) is 0. The van der Waals surface area contributed by atoms with Crippen LogP contribution in [0.25, 0.3) is 0 Å². The molecule has 0 aromatic carbocycles. The molecule has 2 heterocycles. The van der Waals surface area contributed by atoms with Gasteiger partial charge >= 0.3 is 6.18 Å². The van der Waals surface area contributed by atoms with Crippen LogP contribution < -0.4 is 16.0 Å². The summed E-state index contributed by atoms with van der Waals surface area (Å²) < 4.78 is 43.2. The number of anilines is 1. The average Bonchev–Trinajstić information content (AvgIpc) is 2.88. The minimum atomic E-state index is -4.48. The minimum Gasteiger partial charge on any atom is -0.472 e. The first kappa shape index (κ1) is 13.6. The molecule has 0 spiro atoms. The van der Waals surface area contributed by atoms with Crippen LogP contribution in [-0.2, 0) is 12.8 Å². The fourth-order valence-electron chi connectivity index (χ4n) is 1.36. The molecular weight excluding hydrogens is 279 g/mol. The lowest BCUT2D eigenvalue weighted by molar-refractivity contribution is -0.137. The number of nitrogens with one attached hydrogen (secondary N) is 1. The highest BCUT2D eigenvalue weighted by Crippen LogP contribution is 2.32. The van der Waals surface area contributed by atoms with E-state index in [4.69, 9.17) is 10.6 Å². The molecule has 0 saturated heterocycles.